The van der Waals surface area contributed by atoms with Crippen molar-refractivity contribution < 1.29 is 9.53 Å². The van der Waals surface area contributed by atoms with Crippen LogP contribution in [0.5, 0.6) is 0 Å². The van der Waals surface area contributed by atoms with Gasteiger partial charge in [-0.2, -0.15) is 0 Å². The van der Waals surface area contributed by atoms with Gasteiger partial charge in [-0.15, -0.1) is 19.0 Å². The van der Waals surface area contributed by atoms with Crippen LogP contribution >= 0.6 is 12.4 Å². The monoisotopic (exact) mass is 248 g/mol. The first-order valence-corrected chi connectivity index (χ1v) is 5.51. The maximum absolute atomic E-state index is 11.2. The molecule has 0 aliphatic carbocycles. The molecule has 0 aromatic carbocycles. The van der Waals surface area contributed by atoms with Crippen LogP contribution in [0.4, 0.5) is 0 Å². The molecule has 4 nitrogen and oxygen atoms in total. The third kappa shape index (κ3) is 6.82. The molecule has 94 valence electrons. The summed E-state index contributed by atoms with van der Waals surface area (Å²) in [7, 11) is 0. The standard InChI is InChI=1S/C11H20N2O2.ClH/c1-2-8-15-9-11(14)13-7-5-10-4-3-6-12-10;/h2,10,12H,1,3-9H2,(H,13,14);1H/t10-;/m1./s1. The van der Waals surface area contributed by atoms with Crippen LogP contribution in [0.25, 0.3) is 0 Å². The Bertz CT molecular complexity index is 206. The average molecular weight is 249 g/mol. The minimum Gasteiger partial charge on any atom is -0.368 e. The fourth-order valence-corrected chi connectivity index (χ4v) is 1.67. The first-order valence-electron chi connectivity index (χ1n) is 5.51. The van der Waals surface area contributed by atoms with Crippen molar-refractivity contribution in [1.29, 1.82) is 0 Å². The van der Waals surface area contributed by atoms with E-state index >= 15 is 0 Å². The van der Waals surface area contributed by atoms with Crippen LogP contribution in [-0.2, 0) is 9.53 Å². The van der Waals surface area contributed by atoms with Gasteiger partial charge in [-0.05, 0) is 25.8 Å². The Morgan fingerprint density at radius 3 is 3.06 bits per heavy atom. The van der Waals surface area contributed by atoms with E-state index in [1.54, 1.807) is 6.08 Å². The van der Waals surface area contributed by atoms with Crippen LogP contribution < -0.4 is 10.6 Å². The molecular weight excluding hydrogens is 228 g/mol. The van der Waals surface area contributed by atoms with E-state index in [0.717, 1.165) is 19.5 Å². The van der Waals surface area contributed by atoms with Gasteiger partial charge in [0.1, 0.15) is 6.61 Å². The molecule has 0 saturated carbocycles. The van der Waals surface area contributed by atoms with Crippen LogP contribution in [0.2, 0.25) is 0 Å². The third-order valence-corrected chi connectivity index (χ3v) is 2.45. The van der Waals surface area contributed by atoms with E-state index in [9.17, 15) is 4.79 Å². The van der Waals surface area contributed by atoms with Gasteiger partial charge in [0.25, 0.3) is 0 Å². The van der Waals surface area contributed by atoms with E-state index in [-0.39, 0.29) is 24.9 Å². The molecule has 1 atom stereocenters. The Morgan fingerprint density at radius 2 is 2.44 bits per heavy atom. The Balaban J connectivity index is 0.00000225. The second-order valence-electron chi connectivity index (χ2n) is 3.74. The predicted octanol–water partition coefficient (Wildman–Crippen LogP) is 0.869. The topological polar surface area (TPSA) is 50.4 Å². The van der Waals surface area contributed by atoms with Gasteiger partial charge in [-0.25, -0.2) is 0 Å². The lowest BCUT2D eigenvalue weighted by molar-refractivity contribution is -0.125. The van der Waals surface area contributed by atoms with E-state index < -0.39 is 0 Å². The van der Waals surface area contributed by atoms with Crippen LogP contribution in [0.1, 0.15) is 19.3 Å². The molecule has 1 fully saturated rings. The summed E-state index contributed by atoms with van der Waals surface area (Å²) in [6, 6.07) is 0.583. The van der Waals surface area contributed by atoms with Crippen molar-refractivity contribution in [3.63, 3.8) is 0 Å². The maximum atomic E-state index is 11.2. The second-order valence-corrected chi connectivity index (χ2v) is 3.74. The van der Waals surface area contributed by atoms with E-state index in [1.165, 1.54) is 12.8 Å². The number of halogens is 1. The molecule has 1 rings (SSSR count). The summed E-state index contributed by atoms with van der Waals surface area (Å²) in [5, 5.41) is 6.22. The van der Waals surface area contributed by atoms with Crippen molar-refractivity contribution in [3.05, 3.63) is 12.7 Å². The second kappa shape index (κ2) is 9.63. The Kier molecular flexibility index (Phi) is 9.28. The number of amides is 1. The number of hydrogen-bond donors (Lipinski definition) is 2. The lowest BCUT2D eigenvalue weighted by atomic mass is 10.1. The highest BCUT2D eigenvalue weighted by molar-refractivity contribution is 5.85. The highest BCUT2D eigenvalue weighted by atomic mass is 35.5. The quantitative estimate of drug-likeness (QED) is 0.519. The zero-order valence-electron chi connectivity index (χ0n) is 9.54. The summed E-state index contributed by atoms with van der Waals surface area (Å²) < 4.78 is 5.02. The SMILES string of the molecule is C=CCOCC(=O)NCC[C@H]1CCCN1.Cl. The van der Waals surface area contributed by atoms with Gasteiger partial charge in [-0.3, -0.25) is 4.79 Å². The number of carbonyl (C=O) groups is 1. The molecule has 1 heterocycles. The molecule has 1 saturated heterocycles. The van der Waals surface area contributed by atoms with Crippen molar-refractivity contribution in [2.24, 2.45) is 0 Å². The van der Waals surface area contributed by atoms with Crippen LogP contribution in [0.15, 0.2) is 12.7 Å². The summed E-state index contributed by atoms with van der Waals surface area (Å²) >= 11 is 0. The highest BCUT2D eigenvalue weighted by Gasteiger charge is 2.13. The van der Waals surface area contributed by atoms with Gasteiger partial charge in [-0.1, -0.05) is 6.08 Å². The molecule has 1 amide bonds. The molecule has 5 heteroatoms. The number of rotatable bonds is 7. The van der Waals surface area contributed by atoms with Crippen LogP contribution in [-0.4, -0.2) is 38.3 Å². The molecule has 0 aromatic heterocycles. The summed E-state index contributed by atoms with van der Waals surface area (Å²) in [5.74, 6) is -0.0464. The number of ether oxygens (including phenoxy) is 1. The summed E-state index contributed by atoms with van der Waals surface area (Å²) in [4.78, 5) is 11.2. The van der Waals surface area contributed by atoms with Crippen molar-refractivity contribution in [2.75, 3.05) is 26.3 Å². The fourth-order valence-electron chi connectivity index (χ4n) is 1.67. The van der Waals surface area contributed by atoms with E-state index in [0.29, 0.717) is 12.6 Å². The lowest BCUT2D eigenvalue weighted by Gasteiger charge is -2.10. The highest BCUT2D eigenvalue weighted by Crippen LogP contribution is 2.07. The van der Waals surface area contributed by atoms with E-state index in [4.69, 9.17) is 4.74 Å². The Labute approximate surface area is 103 Å². The number of nitrogens with one attached hydrogen (secondary N) is 2. The van der Waals surface area contributed by atoms with Gasteiger partial charge in [0.15, 0.2) is 0 Å². The third-order valence-electron chi connectivity index (χ3n) is 2.45. The zero-order chi connectivity index (χ0) is 10.9. The molecule has 16 heavy (non-hydrogen) atoms. The summed E-state index contributed by atoms with van der Waals surface area (Å²) in [6.45, 7) is 5.91. The van der Waals surface area contributed by atoms with Gasteiger partial charge in [0.05, 0.1) is 6.61 Å². The number of hydrogen-bond acceptors (Lipinski definition) is 3. The van der Waals surface area contributed by atoms with Crippen LogP contribution in [0.3, 0.4) is 0 Å². The fraction of sp³-hybridized carbons (Fsp3) is 0.727. The maximum Gasteiger partial charge on any atom is 0.246 e. The molecule has 2 N–H and O–H groups in total. The minimum absolute atomic E-state index is 0. The summed E-state index contributed by atoms with van der Waals surface area (Å²) in [6.07, 6.45) is 5.12. The van der Waals surface area contributed by atoms with Gasteiger partial charge < -0.3 is 15.4 Å². The molecule has 0 radical (unpaired) electrons. The molecule has 1 aliphatic heterocycles. The van der Waals surface area contributed by atoms with E-state index in [2.05, 4.69) is 17.2 Å². The molecule has 0 aromatic rings. The normalized spacial score (nSPS) is 18.9. The minimum atomic E-state index is -0.0464. The van der Waals surface area contributed by atoms with Gasteiger partial charge in [0.2, 0.25) is 5.91 Å². The van der Waals surface area contributed by atoms with Crippen molar-refractivity contribution >= 4 is 18.3 Å². The average Bonchev–Trinajstić information content (AvgIpc) is 2.71. The first-order chi connectivity index (χ1) is 7.33. The first kappa shape index (κ1) is 15.4. The smallest absolute Gasteiger partial charge is 0.246 e. The molecule has 0 bridgehead atoms. The molecule has 1 aliphatic rings. The lowest BCUT2D eigenvalue weighted by Crippen LogP contribution is -2.32. The zero-order valence-corrected chi connectivity index (χ0v) is 10.4. The Morgan fingerprint density at radius 1 is 1.62 bits per heavy atom. The summed E-state index contributed by atoms with van der Waals surface area (Å²) in [5.41, 5.74) is 0. The van der Waals surface area contributed by atoms with Crippen LogP contribution in [0, 0.1) is 0 Å². The van der Waals surface area contributed by atoms with Crippen molar-refractivity contribution in [3.8, 4) is 0 Å². The number of carbonyl (C=O) groups excluding carboxylic acids is 1. The predicted molar refractivity (Wildman–Crippen MR) is 66.9 cm³/mol. The largest absolute Gasteiger partial charge is 0.368 e. The molecule has 0 spiro atoms. The molecule has 0 unspecified atom stereocenters. The van der Waals surface area contributed by atoms with E-state index in [1.807, 2.05) is 0 Å². The molecular formula is C11H21ClN2O2. The van der Waals surface area contributed by atoms with Gasteiger partial charge in [0, 0.05) is 12.6 Å². The van der Waals surface area contributed by atoms with Gasteiger partial charge >= 0.3 is 0 Å². The van der Waals surface area contributed by atoms with Crippen molar-refractivity contribution in [1.82, 2.24) is 10.6 Å². The Hall–Kier alpha value is -0.580. The van der Waals surface area contributed by atoms with Crippen molar-refractivity contribution in [2.45, 2.75) is 25.3 Å².